The lowest BCUT2D eigenvalue weighted by atomic mass is 9.90. The summed E-state index contributed by atoms with van der Waals surface area (Å²) in [5.41, 5.74) is 0.234. The molecule has 0 aromatic heterocycles. The molecule has 0 aromatic carbocycles. The van der Waals surface area contributed by atoms with Crippen LogP contribution < -0.4 is 0 Å². The van der Waals surface area contributed by atoms with E-state index in [9.17, 15) is 0 Å². The average Bonchev–Trinajstić information content (AvgIpc) is 1.80. The van der Waals surface area contributed by atoms with E-state index in [2.05, 4.69) is 39.8 Å². The lowest BCUT2D eigenvalue weighted by Crippen LogP contribution is -2.25. The van der Waals surface area contributed by atoms with Gasteiger partial charge in [-0.2, -0.15) is 0 Å². The molecule has 0 rings (SSSR count). The summed E-state index contributed by atoms with van der Waals surface area (Å²) in [6.45, 7) is 7.62. The van der Waals surface area contributed by atoms with Gasteiger partial charge in [-0.05, 0) is 32.5 Å². The van der Waals surface area contributed by atoms with Gasteiger partial charge in [0.1, 0.15) is 0 Å². The zero-order valence-corrected chi connectivity index (χ0v) is 9.07. The Bertz CT molecular complexity index is 105. The molecule has 68 valence electrons. The molecule has 0 aliphatic rings. The van der Waals surface area contributed by atoms with Crippen LogP contribution in [0, 0.1) is 5.41 Å². The number of hydrogen-bond acceptors (Lipinski definition) is 1. The maximum Gasteiger partial charge on any atom is 0.0396 e. The van der Waals surface area contributed by atoms with Crippen molar-refractivity contribution in [1.29, 1.82) is 0 Å². The third-order valence-corrected chi connectivity index (χ3v) is 2.64. The topological polar surface area (TPSA) is 3.24 Å². The monoisotopic (exact) mass is 177 g/mol. The molecular weight excluding hydrogens is 158 g/mol. The van der Waals surface area contributed by atoms with Crippen LogP contribution in [-0.2, 0) is 0 Å². The van der Waals surface area contributed by atoms with Gasteiger partial charge in [-0.1, -0.05) is 20.8 Å². The Hall–Kier alpha value is 0.250. The van der Waals surface area contributed by atoms with Gasteiger partial charge in [-0.25, -0.2) is 0 Å². The minimum Gasteiger partial charge on any atom is -0.309 e. The maximum absolute atomic E-state index is 6.17. The van der Waals surface area contributed by atoms with Gasteiger partial charge in [0.05, 0.1) is 0 Å². The average molecular weight is 178 g/mol. The van der Waals surface area contributed by atoms with Gasteiger partial charge in [0.15, 0.2) is 0 Å². The third kappa shape index (κ3) is 5.51. The van der Waals surface area contributed by atoms with Gasteiger partial charge < -0.3 is 4.90 Å². The van der Waals surface area contributed by atoms with Crippen molar-refractivity contribution < 1.29 is 0 Å². The highest BCUT2D eigenvalue weighted by Gasteiger charge is 2.21. The van der Waals surface area contributed by atoms with Crippen molar-refractivity contribution in [2.24, 2.45) is 5.41 Å². The van der Waals surface area contributed by atoms with Gasteiger partial charge in [0.2, 0.25) is 0 Å². The summed E-state index contributed by atoms with van der Waals surface area (Å²) in [5, 5.41) is 0.282. The number of alkyl halides is 1. The van der Waals surface area contributed by atoms with Crippen LogP contribution in [0.1, 0.15) is 27.2 Å². The van der Waals surface area contributed by atoms with E-state index in [1.807, 2.05) is 0 Å². The number of halogens is 1. The Morgan fingerprint density at radius 1 is 1.27 bits per heavy atom. The van der Waals surface area contributed by atoms with Crippen molar-refractivity contribution in [3.8, 4) is 0 Å². The second-order valence-corrected chi connectivity index (χ2v) is 4.95. The van der Waals surface area contributed by atoms with E-state index in [0.29, 0.717) is 0 Å². The number of rotatable bonds is 3. The van der Waals surface area contributed by atoms with Crippen molar-refractivity contribution in [3.63, 3.8) is 0 Å². The molecule has 0 aliphatic carbocycles. The third-order valence-electron chi connectivity index (χ3n) is 1.77. The van der Waals surface area contributed by atoms with E-state index in [0.717, 1.165) is 13.0 Å². The molecular formula is C9H20ClN. The van der Waals surface area contributed by atoms with E-state index in [-0.39, 0.29) is 10.8 Å². The van der Waals surface area contributed by atoms with Crippen LogP contribution >= 0.6 is 11.6 Å². The van der Waals surface area contributed by atoms with Crippen molar-refractivity contribution >= 4 is 11.6 Å². The number of hydrogen-bond donors (Lipinski definition) is 0. The van der Waals surface area contributed by atoms with E-state index in [1.165, 1.54) is 0 Å². The summed E-state index contributed by atoms with van der Waals surface area (Å²) < 4.78 is 0. The Balaban J connectivity index is 3.61. The summed E-state index contributed by atoms with van der Waals surface area (Å²) >= 11 is 6.17. The Labute approximate surface area is 75.7 Å². The lowest BCUT2D eigenvalue weighted by Gasteiger charge is -2.26. The molecule has 0 aromatic rings. The second kappa shape index (κ2) is 4.32. The van der Waals surface area contributed by atoms with E-state index >= 15 is 0 Å². The molecule has 0 fully saturated rings. The van der Waals surface area contributed by atoms with Gasteiger partial charge in [-0.15, -0.1) is 11.6 Å². The van der Waals surface area contributed by atoms with E-state index in [4.69, 9.17) is 11.6 Å². The SMILES string of the molecule is CN(C)CCC(Cl)C(C)(C)C. The fourth-order valence-electron chi connectivity index (χ4n) is 0.805. The standard InChI is InChI=1S/C9H20ClN/c1-9(2,3)8(10)6-7-11(4)5/h8H,6-7H2,1-5H3. The highest BCUT2D eigenvalue weighted by Crippen LogP contribution is 2.26. The molecule has 0 radical (unpaired) electrons. The van der Waals surface area contributed by atoms with Crippen LogP contribution in [0.25, 0.3) is 0 Å². The molecule has 2 heteroatoms. The van der Waals surface area contributed by atoms with E-state index in [1.54, 1.807) is 0 Å². The summed E-state index contributed by atoms with van der Waals surface area (Å²) in [4.78, 5) is 2.17. The molecule has 1 unspecified atom stereocenters. The number of nitrogens with zero attached hydrogens (tertiary/aromatic N) is 1. The van der Waals surface area contributed by atoms with Crippen molar-refractivity contribution in [2.75, 3.05) is 20.6 Å². The molecule has 0 spiro atoms. The Morgan fingerprint density at radius 2 is 1.73 bits per heavy atom. The Kier molecular flexibility index (Phi) is 4.42. The normalized spacial score (nSPS) is 15.5. The van der Waals surface area contributed by atoms with E-state index < -0.39 is 0 Å². The van der Waals surface area contributed by atoms with Gasteiger partial charge >= 0.3 is 0 Å². The molecule has 1 nitrogen and oxygen atoms in total. The van der Waals surface area contributed by atoms with Gasteiger partial charge in [0.25, 0.3) is 0 Å². The minimum absolute atomic E-state index is 0.234. The molecule has 0 N–H and O–H groups in total. The molecule has 1 atom stereocenters. The maximum atomic E-state index is 6.17. The minimum atomic E-state index is 0.234. The largest absolute Gasteiger partial charge is 0.309 e. The van der Waals surface area contributed by atoms with Crippen molar-refractivity contribution in [2.45, 2.75) is 32.6 Å². The Morgan fingerprint density at radius 3 is 2.00 bits per heavy atom. The molecule has 0 amide bonds. The first-order chi connectivity index (χ1) is 4.84. The van der Waals surface area contributed by atoms with Gasteiger partial charge in [-0.3, -0.25) is 0 Å². The first-order valence-electron chi connectivity index (χ1n) is 4.13. The van der Waals surface area contributed by atoms with Crippen LogP contribution in [-0.4, -0.2) is 30.9 Å². The zero-order valence-electron chi connectivity index (χ0n) is 8.32. The highest BCUT2D eigenvalue weighted by molar-refractivity contribution is 6.21. The lowest BCUT2D eigenvalue weighted by molar-refractivity contribution is 0.325. The predicted molar refractivity (Wildman–Crippen MR) is 52.3 cm³/mol. The second-order valence-electron chi connectivity index (χ2n) is 4.43. The highest BCUT2D eigenvalue weighted by atomic mass is 35.5. The molecule has 0 bridgehead atoms. The molecule has 0 saturated carbocycles. The summed E-state index contributed by atoms with van der Waals surface area (Å²) in [6.07, 6.45) is 1.07. The van der Waals surface area contributed by atoms with Crippen LogP contribution in [0.4, 0.5) is 0 Å². The summed E-state index contributed by atoms with van der Waals surface area (Å²) in [7, 11) is 4.15. The van der Waals surface area contributed by atoms with Crippen molar-refractivity contribution in [1.82, 2.24) is 4.90 Å². The quantitative estimate of drug-likeness (QED) is 0.600. The van der Waals surface area contributed by atoms with Crippen molar-refractivity contribution in [3.05, 3.63) is 0 Å². The van der Waals surface area contributed by atoms with Crippen LogP contribution in [0.15, 0.2) is 0 Å². The fraction of sp³-hybridized carbons (Fsp3) is 1.00. The van der Waals surface area contributed by atoms with Gasteiger partial charge in [0, 0.05) is 5.38 Å². The molecule has 0 saturated heterocycles. The molecule has 0 heterocycles. The van der Waals surface area contributed by atoms with Crippen LogP contribution in [0.2, 0.25) is 0 Å². The molecule has 11 heavy (non-hydrogen) atoms. The zero-order chi connectivity index (χ0) is 9.07. The summed E-state index contributed by atoms with van der Waals surface area (Å²) in [5.74, 6) is 0. The summed E-state index contributed by atoms with van der Waals surface area (Å²) in [6, 6.07) is 0. The van der Waals surface area contributed by atoms with Crippen LogP contribution in [0.5, 0.6) is 0 Å². The van der Waals surface area contributed by atoms with Crippen LogP contribution in [0.3, 0.4) is 0 Å². The fourth-order valence-corrected chi connectivity index (χ4v) is 0.902. The smallest absolute Gasteiger partial charge is 0.0396 e. The first-order valence-corrected chi connectivity index (χ1v) is 4.56. The predicted octanol–water partition coefficient (Wildman–Crippen LogP) is 2.59. The molecule has 0 aliphatic heterocycles. The first kappa shape index (κ1) is 11.2.